The maximum absolute atomic E-state index is 12.4. The minimum Gasteiger partial charge on any atom is -0.379 e. The Morgan fingerprint density at radius 3 is 2.83 bits per heavy atom. The van der Waals surface area contributed by atoms with Crippen LogP contribution in [0.4, 0.5) is 5.69 Å². The third-order valence-electron chi connectivity index (χ3n) is 5.74. The van der Waals surface area contributed by atoms with Crippen LogP contribution in [0.2, 0.25) is 0 Å². The average Bonchev–Trinajstić information content (AvgIpc) is 3.18. The van der Waals surface area contributed by atoms with Crippen LogP contribution in [0.3, 0.4) is 0 Å². The van der Waals surface area contributed by atoms with Gasteiger partial charge in [0.25, 0.3) is 5.56 Å². The van der Waals surface area contributed by atoms with Crippen molar-refractivity contribution < 1.29 is 0 Å². The number of benzene rings is 1. The largest absolute Gasteiger partial charge is 0.379 e. The zero-order valence-electron chi connectivity index (χ0n) is 17.2. The maximum Gasteiger partial charge on any atom is 0.275 e. The summed E-state index contributed by atoms with van der Waals surface area (Å²) in [5.74, 6) is 0. The molecule has 0 bridgehead atoms. The summed E-state index contributed by atoms with van der Waals surface area (Å²) in [6, 6.07) is 10.7. The Balaban J connectivity index is 1.47. The molecule has 3 aromatic rings. The van der Waals surface area contributed by atoms with Gasteiger partial charge < -0.3 is 5.32 Å². The number of nitrogens with one attached hydrogen (secondary N) is 1. The van der Waals surface area contributed by atoms with E-state index in [1.54, 1.807) is 6.07 Å². The van der Waals surface area contributed by atoms with Crippen molar-refractivity contribution in [3.05, 3.63) is 57.0 Å². The zero-order valence-corrected chi connectivity index (χ0v) is 18.0. The van der Waals surface area contributed by atoms with Gasteiger partial charge in [-0.15, -0.1) is 0 Å². The lowest BCUT2D eigenvalue weighted by Gasteiger charge is -2.31. The third-order valence-corrected chi connectivity index (χ3v) is 6.79. The van der Waals surface area contributed by atoms with E-state index < -0.39 is 0 Å². The predicted octanol–water partition coefficient (Wildman–Crippen LogP) is 4.09. The van der Waals surface area contributed by atoms with Crippen LogP contribution in [0.25, 0.3) is 4.96 Å². The van der Waals surface area contributed by atoms with Crippen LogP contribution >= 0.6 is 11.3 Å². The summed E-state index contributed by atoms with van der Waals surface area (Å²) in [5, 5.41) is 8.74. The van der Waals surface area contributed by atoms with Gasteiger partial charge in [-0.05, 0) is 37.9 Å². The van der Waals surface area contributed by atoms with E-state index in [4.69, 9.17) is 0 Å². The molecule has 0 amide bonds. The summed E-state index contributed by atoms with van der Waals surface area (Å²) in [6.45, 7) is 3.49. The van der Waals surface area contributed by atoms with Crippen molar-refractivity contribution in [2.24, 2.45) is 0 Å². The van der Waals surface area contributed by atoms with Crippen molar-refractivity contribution in [2.75, 3.05) is 12.4 Å². The molecule has 4 rings (SSSR count). The Bertz CT molecular complexity index is 1020. The number of hydrogen-bond acceptors (Lipinski definition) is 6. The number of anilines is 1. The molecule has 2 heterocycles. The van der Waals surface area contributed by atoms with E-state index in [1.807, 2.05) is 6.92 Å². The molecule has 0 saturated heterocycles. The molecule has 1 N–H and O–H groups in total. The molecule has 7 heteroatoms. The summed E-state index contributed by atoms with van der Waals surface area (Å²) in [4.78, 5) is 20.1. The number of hydrogen-bond donors (Lipinski definition) is 1. The second-order valence-corrected chi connectivity index (χ2v) is 8.89. The van der Waals surface area contributed by atoms with Crippen LogP contribution < -0.4 is 10.9 Å². The van der Waals surface area contributed by atoms with Crippen molar-refractivity contribution in [1.29, 1.82) is 0 Å². The van der Waals surface area contributed by atoms with Gasteiger partial charge in [0.15, 0.2) is 0 Å². The first-order valence-electron chi connectivity index (χ1n) is 10.5. The Labute approximate surface area is 175 Å². The fraction of sp³-hybridized carbons (Fsp3) is 0.500. The third kappa shape index (κ3) is 4.67. The van der Waals surface area contributed by atoms with Gasteiger partial charge in [0.05, 0.1) is 12.2 Å². The highest BCUT2D eigenvalue weighted by atomic mass is 32.1. The minimum absolute atomic E-state index is 0.118. The molecule has 1 aliphatic carbocycles. The highest BCUT2D eigenvalue weighted by Gasteiger charge is 2.18. The molecule has 29 heavy (non-hydrogen) atoms. The summed E-state index contributed by atoms with van der Waals surface area (Å²) >= 11 is 1.48. The normalized spacial score (nSPS) is 15.3. The summed E-state index contributed by atoms with van der Waals surface area (Å²) in [6.07, 6.45) is 7.47. The molecule has 0 aliphatic heterocycles. The van der Waals surface area contributed by atoms with E-state index in [1.165, 1.54) is 53.5 Å². The van der Waals surface area contributed by atoms with Crippen molar-refractivity contribution >= 4 is 22.0 Å². The van der Waals surface area contributed by atoms with Gasteiger partial charge in [0.1, 0.15) is 5.01 Å². The Morgan fingerprint density at radius 2 is 2.03 bits per heavy atom. The van der Waals surface area contributed by atoms with Crippen molar-refractivity contribution in [1.82, 2.24) is 19.5 Å². The topological polar surface area (TPSA) is 62.5 Å². The molecule has 0 radical (unpaired) electrons. The van der Waals surface area contributed by atoms with Gasteiger partial charge in [-0.3, -0.25) is 9.69 Å². The minimum atomic E-state index is -0.118. The number of fused-ring (bicyclic) bond motifs is 1. The van der Waals surface area contributed by atoms with Crippen LogP contribution in [-0.4, -0.2) is 32.6 Å². The number of nitrogens with zero attached hydrogens (tertiary/aromatic N) is 4. The lowest BCUT2D eigenvalue weighted by Crippen LogP contribution is -2.33. The lowest BCUT2D eigenvalue weighted by molar-refractivity contribution is 0.185. The van der Waals surface area contributed by atoms with Crippen LogP contribution in [-0.2, 0) is 19.5 Å². The van der Waals surface area contributed by atoms with E-state index in [0.29, 0.717) is 17.5 Å². The van der Waals surface area contributed by atoms with Gasteiger partial charge in [-0.25, -0.2) is 4.98 Å². The molecule has 1 aromatic carbocycles. The van der Waals surface area contributed by atoms with E-state index >= 15 is 0 Å². The molecule has 1 aliphatic rings. The van der Waals surface area contributed by atoms with Crippen molar-refractivity contribution in [3.63, 3.8) is 0 Å². The number of aromatic nitrogens is 3. The first kappa shape index (κ1) is 20.0. The van der Waals surface area contributed by atoms with Gasteiger partial charge in [0.2, 0.25) is 4.96 Å². The first-order chi connectivity index (χ1) is 14.1. The molecule has 0 spiro atoms. The number of aryl methyl sites for hydroxylation is 1. The standard InChI is InChI=1S/C22H29N5OS/c1-3-20-25-27-21(28)13-17(24-22(27)29-20)14-23-19-12-8-7-9-16(19)15-26(2)18-10-5-4-6-11-18/h7-9,12-13,18,23H,3-6,10-11,14-15H2,1-2H3. The SMILES string of the molecule is CCc1nn2c(=O)cc(CNc3ccccc3CN(C)C3CCCCC3)nc2s1. The molecular formula is C22H29N5OS. The highest BCUT2D eigenvalue weighted by molar-refractivity contribution is 7.16. The molecule has 0 atom stereocenters. The molecule has 6 nitrogen and oxygen atoms in total. The summed E-state index contributed by atoms with van der Waals surface area (Å²) < 4.78 is 1.40. The molecule has 2 aromatic heterocycles. The summed E-state index contributed by atoms with van der Waals surface area (Å²) in [7, 11) is 2.23. The molecule has 154 valence electrons. The monoisotopic (exact) mass is 411 g/mol. The maximum atomic E-state index is 12.4. The van der Waals surface area contributed by atoms with Gasteiger partial charge >= 0.3 is 0 Å². The van der Waals surface area contributed by atoms with Crippen molar-refractivity contribution in [3.8, 4) is 0 Å². The second-order valence-electron chi connectivity index (χ2n) is 7.85. The van der Waals surface area contributed by atoms with Crippen LogP contribution in [0.5, 0.6) is 0 Å². The van der Waals surface area contributed by atoms with Gasteiger partial charge in [-0.2, -0.15) is 9.61 Å². The van der Waals surface area contributed by atoms with Crippen LogP contribution in [0, 0.1) is 0 Å². The summed E-state index contributed by atoms with van der Waals surface area (Å²) in [5.41, 5.74) is 3.02. The van der Waals surface area contributed by atoms with Gasteiger partial charge in [-0.1, -0.05) is 55.7 Å². The number of rotatable bonds is 7. The quantitative estimate of drug-likeness (QED) is 0.634. The van der Waals surface area contributed by atoms with Crippen molar-refractivity contribution in [2.45, 2.75) is 64.6 Å². The fourth-order valence-corrected chi connectivity index (χ4v) is 4.92. The van der Waals surface area contributed by atoms with Crippen LogP contribution in [0.1, 0.15) is 55.3 Å². The number of para-hydroxylation sites is 1. The molecule has 1 saturated carbocycles. The van der Waals surface area contributed by atoms with E-state index in [2.05, 4.69) is 51.6 Å². The Morgan fingerprint density at radius 1 is 1.24 bits per heavy atom. The highest BCUT2D eigenvalue weighted by Crippen LogP contribution is 2.25. The molecule has 1 fully saturated rings. The van der Waals surface area contributed by atoms with Crippen LogP contribution in [0.15, 0.2) is 35.1 Å². The van der Waals surface area contributed by atoms with E-state index in [0.717, 1.165) is 29.4 Å². The molecule has 0 unspecified atom stereocenters. The Hall–Kier alpha value is -2.25. The smallest absolute Gasteiger partial charge is 0.275 e. The Kier molecular flexibility index (Phi) is 6.25. The average molecular weight is 412 g/mol. The zero-order chi connectivity index (χ0) is 20.2. The fourth-order valence-electron chi connectivity index (χ4n) is 4.07. The lowest BCUT2D eigenvalue weighted by atomic mass is 9.94. The van der Waals surface area contributed by atoms with Gasteiger partial charge in [0, 0.05) is 24.3 Å². The van der Waals surface area contributed by atoms with E-state index in [9.17, 15) is 4.79 Å². The predicted molar refractivity (Wildman–Crippen MR) is 119 cm³/mol. The second kappa shape index (κ2) is 9.05. The van der Waals surface area contributed by atoms with E-state index in [-0.39, 0.29) is 5.56 Å². The molecular weight excluding hydrogens is 382 g/mol. The first-order valence-corrected chi connectivity index (χ1v) is 11.4.